The van der Waals surface area contributed by atoms with Crippen molar-refractivity contribution in [3.63, 3.8) is 0 Å². The largest absolute Gasteiger partial charge is 0.336 e. The van der Waals surface area contributed by atoms with Crippen molar-refractivity contribution in [2.24, 2.45) is 0 Å². The molecule has 20 heavy (non-hydrogen) atoms. The van der Waals surface area contributed by atoms with Gasteiger partial charge in [0.2, 0.25) is 0 Å². The number of nitrogens with zero attached hydrogens (tertiary/aromatic N) is 2. The van der Waals surface area contributed by atoms with Crippen LogP contribution >= 0.6 is 15.9 Å². The van der Waals surface area contributed by atoms with Gasteiger partial charge in [-0.1, -0.05) is 6.07 Å². The van der Waals surface area contributed by atoms with Gasteiger partial charge in [-0.3, -0.25) is 9.69 Å². The van der Waals surface area contributed by atoms with E-state index in [1.165, 1.54) is 0 Å². The molecule has 1 amide bonds. The number of halogens is 1. The van der Waals surface area contributed by atoms with Crippen LogP contribution in [0.4, 0.5) is 0 Å². The lowest BCUT2D eigenvalue weighted by atomic mass is 10.1. The first kappa shape index (κ1) is 14.0. The Labute approximate surface area is 128 Å². The molecule has 0 atom stereocenters. The zero-order chi connectivity index (χ0) is 14.1. The molecule has 0 aromatic heterocycles. The monoisotopic (exact) mass is 337 g/mol. The molecule has 2 fully saturated rings. The number of aryl methyl sites for hydroxylation is 1. The van der Waals surface area contributed by atoms with Gasteiger partial charge >= 0.3 is 0 Å². The lowest BCUT2D eigenvalue weighted by Crippen LogP contribution is -2.62. The molecule has 1 N–H and O–H groups in total. The Balaban J connectivity index is 1.63. The van der Waals surface area contributed by atoms with Gasteiger partial charge in [0.15, 0.2) is 0 Å². The van der Waals surface area contributed by atoms with E-state index in [0.717, 1.165) is 54.9 Å². The number of benzene rings is 1. The number of carbonyl (C=O) groups excluding carboxylic acids is 1. The van der Waals surface area contributed by atoms with Crippen LogP contribution < -0.4 is 5.32 Å². The highest BCUT2D eigenvalue weighted by molar-refractivity contribution is 9.10. The summed E-state index contributed by atoms with van der Waals surface area (Å²) in [4.78, 5) is 17.0. The van der Waals surface area contributed by atoms with Gasteiger partial charge in [-0.2, -0.15) is 0 Å². The Bertz CT molecular complexity index is 508. The molecule has 2 aliphatic rings. The fraction of sp³-hybridized carbons (Fsp3) is 0.533. The first-order valence-corrected chi connectivity index (χ1v) is 7.94. The van der Waals surface area contributed by atoms with Crippen LogP contribution in [0.5, 0.6) is 0 Å². The fourth-order valence-corrected chi connectivity index (χ4v) is 3.45. The number of amides is 1. The van der Waals surface area contributed by atoms with Gasteiger partial charge < -0.3 is 10.2 Å². The summed E-state index contributed by atoms with van der Waals surface area (Å²) in [6, 6.07) is 6.60. The highest BCUT2D eigenvalue weighted by atomic mass is 79.9. The van der Waals surface area contributed by atoms with Gasteiger partial charge in [0.1, 0.15) is 0 Å². The van der Waals surface area contributed by atoms with E-state index < -0.39 is 0 Å². The molecule has 2 saturated heterocycles. The Morgan fingerprint density at radius 2 is 1.95 bits per heavy atom. The maximum atomic E-state index is 12.6. The van der Waals surface area contributed by atoms with E-state index >= 15 is 0 Å². The maximum absolute atomic E-state index is 12.6. The summed E-state index contributed by atoms with van der Waals surface area (Å²) in [5.41, 5.74) is 1.94. The molecule has 108 valence electrons. The Kier molecular flexibility index (Phi) is 4.10. The third kappa shape index (κ3) is 2.75. The van der Waals surface area contributed by atoms with Crippen LogP contribution in [-0.2, 0) is 0 Å². The van der Waals surface area contributed by atoms with E-state index in [2.05, 4.69) is 26.1 Å². The van der Waals surface area contributed by atoms with Crippen molar-refractivity contribution in [2.45, 2.75) is 13.0 Å². The third-order valence-corrected chi connectivity index (χ3v) is 4.89. The molecule has 0 saturated carbocycles. The van der Waals surface area contributed by atoms with E-state index in [9.17, 15) is 4.79 Å². The molecule has 3 rings (SSSR count). The van der Waals surface area contributed by atoms with E-state index in [1.54, 1.807) is 0 Å². The number of piperazine rings is 1. The summed E-state index contributed by atoms with van der Waals surface area (Å²) >= 11 is 3.50. The molecule has 0 radical (unpaired) electrons. The van der Waals surface area contributed by atoms with Crippen LogP contribution in [0.2, 0.25) is 0 Å². The fourth-order valence-electron chi connectivity index (χ4n) is 2.79. The normalized spacial score (nSPS) is 20.8. The van der Waals surface area contributed by atoms with Gasteiger partial charge in [0.25, 0.3) is 5.91 Å². The highest BCUT2D eigenvalue weighted by Gasteiger charge is 2.29. The van der Waals surface area contributed by atoms with Crippen LogP contribution in [0.15, 0.2) is 22.7 Å². The van der Waals surface area contributed by atoms with Crippen LogP contribution in [0.25, 0.3) is 0 Å². The highest BCUT2D eigenvalue weighted by Crippen LogP contribution is 2.21. The molecule has 0 spiro atoms. The first-order valence-electron chi connectivity index (χ1n) is 7.15. The third-order valence-electron chi connectivity index (χ3n) is 4.23. The van der Waals surface area contributed by atoms with Crippen molar-refractivity contribution >= 4 is 21.8 Å². The Morgan fingerprint density at radius 1 is 1.25 bits per heavy atom. The lowest BCUT2D eigenvalue weighted by molar-refractivity contribution is 0.0501. The van der Waals surface area contributed by atoms with E-state index in [1.807, 2.05) is 30.0 Å². The number of hydrogen-bond donors (Lipinski definition) is 1. The van der Waals surface area contributed by atoms with Gasteiger partial charge in [-0.25, -0.2) is 0 Å². The molecule has 5 heteroatoms. The average Bonchev–Trinajstić information content (AvgIpc) is 2.37. The zero-order valence-corrected chi connectivity index (χ0v) is 13.3. The van der Waals surface area contributed by atoms with E-state index in [4.69, 9.17) is 0 Å². The molecule has 1 aromatic rings. The number of rotatable bonds is 2. The van der Waals surface area contributed by atoms with Crippen molar-refractivity contribution in [3.05, 3.63) is 33.8 Å². The summed E-state index contributed by atoms with van der Waals surface area (Å²) in [7, 11) is 0. The SMILES string of the molecule is Cc1ccc(C(=O)N2CCN(C3CNC3)CC2)c(Br)c1. The smallest absolute Gasteiger partial charge is 0.255 e. The lowest BCUT2D eigenvalue weighted by Gasteiger charge is -2.43. The minimum absolute atomic E-state index is 0.142. The number of carbonyl (C=O) groups is 1. The van der Waals surface area contributed by atoms with E-state index in [-0.39, 0.29) is 5.91 Å². The predicted molar refractivity (Wildman–Crippen MR) is 83.0 cm³/mol. The van der Waals surface area contributed by atoms with Crippen molar-refractivity contribution in [1.82, 2.24) is 15.1 Å². The van der Waals surface area contributed by atoms with Gasteiger partial charge in [-0.15, -0.1) is 0 Å². The second-order valence-corrected chi connectivity index (χ2v) is 6.48. The summed E-state index contributed by atoms with van der Waals surface area (Å²) < 4.78 is 0.896. The predicted octanol–water partition coefficient (Wildman–Crippen LogP) is 1.49. The quantitative estimate of drug-likeness (QED) is 0.888. The second kappa shape index (κ2) is 5.84. The van der Waals surface area contributed by atoms with Gasteiger partial charge in [0, 0.05) is 49.8 Å². The molecular formula is C15H20BrN3O. The molecule has 1 aromatic carbocycles. The summed E-state index contributed by atoms with van der Waals surface area (Å²) in [6.07, 6.45) is 0. The molecular weight excluding hydrogens is 318 g/mol. The summed E-state index contributed by atoms with van der Waals surface area (Å²) in [6.45, 7) is 7.85. The summed E-state index contributed by atoms with van der Waals surface area (Å²) in [5, 5.41) is 3.30. The minimum atomic E-state index is 0.142. The zero-order valence-electron chi connectivity index (χ0n) is 11.7. The molecule has 0 unspecified atom stereocenters. The van der Waals surface area contributed by atoms with Crippen molar-refractivity contribution in [3.8, 4) is 0 Å². The van der Waals surface area contributed by atoms with Crippen molar-refractivity contribution in [1.29, 1.82) is 0 Å². The van der Waals surface area contributed by atoms with E-state index in [0.29, 0.717) is 6.04 Å². The average molecular weight is 338 g/mol. The van der Waals surface area contributed by atoms with Crippen LogP contribution in [0, 0.1) is 6.92 Å². The van der Waals surface area contributed by atoms with Gasteiger partial charge in [-0.05, 0) is 40.5 Å². The standard InChI is InChI=1S/C15H20BrN3O/c1-11-2-3-13(14(16)8-11)15(20)19-6-4-18(5-7-19)12-9-17-10-12/h2-3,8,12,17H,4-7,9-10H2,1H3. The Hall–Kier alpha value is -0.910. The van der Waals surface area contributed by atoms with Crippen molar-refractivity contribution < 1.29 is 4.79 Å². The first-order chi connectivity index (χ1) is 9.65. The molecule has 2 aliphatic heterocycles. The maximum Gasteiger partial charge on any atom is 0.255 e. The van der Waals surface area contributed by atoms with Gasteiger partial charge in [0.05, 0.1) is 5.56 Å². The van der Waals surface area contributed by atoms with Crippen LogP contribution in [0.1, 0.15) is 15.9 Å². The second-order valence-electron chi connectivity index (χ2n) is 5.62. The minimum Gasteiger partial charge on any atom is -0.336 e. The topological polar surface area (TPSA) is 35.6 Å². The number of hydrogen-bond acceptors (Lipinski definition) is 3. The van der Waals surface area contributed by atoms with Crippen LogP contribution in [0.3, 0.4) is 0 Å². The number of nitrogens with one attached hydrogen (secondary N) is 1. The Morgan fingerprint density at radius 3 is 2.50 bits per heavy atom. The van der Waals surface area contributed by atoms with Crippen molar-refractivity contribution in [2.75, 3.05) is 39.3 Å². The molecule has 0 aliphatic carbocycles. The molecule has 4 nitrogen and oxygen atoms in total. The molecule has 0 bridgehead atoms. The summed E-state index contributed by atoms with van der Waals surface area (Å²) in [5.74, 6) is 0.142. The molecule has 2 heterocycles. The van der Waals surface area contributed by atoms with Crippen LogP contribution in [-0.4, -0.2) is 61.0 Å².